The normalized spacial score (nSPS) is 46.8. The first-order valence-electron chi connectivity index (χ1n) is 11.3. The zero-order chi connectivity index (χ0) is 21.0. The number of Topliss-reactive ketones (excluding diaryl/α,β-unsaturated/α-hetero) is 2. The summed E-state index contributed by atoms with van der Waals surface area (Å²) in [6, 6.07) is -0.0684. The van der Waals surface area contributed by atoms with Crippen molar-refractivity contribution >= 4 is 17.3 Å². The van der Waals surface area contributed by atoms with Crippen LogP contribution < -0.4 is 5.73 Å². The number of aliphatic hydroxyl groups is 1. The van der Waals surface area contributed by atoms with Gasteiger partial charge >= 0.3 is 0 Å². The molecule has 4 rings (SSSR count). The molecule has 6 nitrogen and oxygen atoms in total. The third-order valence-electron chi connectivity index (χ3n) is 8.99. The van der Waals surface area contributed by atoms with Crippen molar-refractivity contribution < 1.29 is 19.5 Å². The van der Waals surface area contributed by atoms with Crippen molar-refractivity contribution in [3.8, 4) is 0 Å². The lowest BCUT2D eigenvalue weighted by molar-refractivity contribution is -0.166. The highest BCUT2D eigenvalue weighted by atomic mass is 16.6. The van der Waals surface area contributed by atoms with Crippen LogP contribution in [-0.4, -0.2) is 41.6 Å². The van der Waals surface area contributed by atoms with Crippen LogP contribution in [0.5, 0.6) is 0 Å². The average molecular weight is 405 g/mol. The van der Waals surface area contributed by atoms with E-state index in [0.717, 1.165) is 37.8 Å². The molecule has 4 aliphatic rings. The van der Waals surface area contributed by atoms with Crippen LogP contribution in [0.2, 0.25) is 0 Å². The number of ketones is 2. The fraction of sp³-hybridized carbons (Fsp3) is 0.870. The maximum Gasteiger partial charge on any atom is 0.142 e. The molecule has 0 radical (unpaired) electrons. The summed E-state index contributed by atoms with van der Waals surface area (Å²) >= 11 is 0. The Balaban J connectivity index is 1.62. The molecule has 6 heteroatoms. The number of fused-ring (bicyclic) bond motifs is 5. The Morgan fingerprint density at radius 1 is 1.17 bits per heavy atom. The molecule has 0 spiro atoms. The first-order chi connectivity index (χ1) is 13.7. The van der Waals surface area contributed by atoms with E-state index in [4.69, 9.17) is 10.6 Å². The molecule has 3 N–H and O–H groups in total. The lowest BCUT2D eigenvalue weighted by Gasteiger charge is -2.60. The summed E-state index contributed by atoms with van der Waals surface area (Å²) < 4.78 is 0. The van der Waals surface area contributed by atoms with E-state index in [2.05, 4.69) is 19.0 Å². The van der Waals surface area contributed by atoms with Gasteiger partial charge in [-0.15, -0.1) is 0 Å². The maximum absolute atomic E-state index is 13.6. The summed E-state index contributed by atoms with van der Waals surface area (Å²) in [6.07, 6.45) is 5.80. The summed E-state index contributed by atoms with van der Waals surface area (Å²) in [5.74, 6) is 0.642. The van der Waals surface area contributed by atoms with Crippen LogP contribution in [0.4, 0.5) is 0 Å². The summed E-state index contributed by atoms with van der Waals surface area (Å²) in [6.45, 7) is 6.55. The van der Waals surface area contributed by atoms with E-state index >= 15 is 0 Å². The van der Waals surface area contributed by atoms with Crippen LogP contribution in [0.1, 0.15) is 65.7 Å². The monoisotopic (exact) mass is 404 g/mol. The smallest absolute Gasteiger partial charge is 0.142 e. The SMILES string of the molecule is CC(N)CON=C1CC[C@@]2(C)C(C1)[C@@H](CO)C(=O)[C@H]1[C@@H]3CCC(=O)[C@]3(C)CC[C@@H]12. The molecule has 0 heterocycles. The summed E-state index contributed by atoms with van der Waals surface area (Å²) in [5.41, 5.74) is 6.38. The Hall–Kier alpha value is -1.27. The second kappa shape index (κ2) is 7.45. The highest BCUT2D eigenvalue weighted by Crippen LogP contribution is 2.65. The van der Waals surface area contributed by atoms with Crippen molar-refractivity contribution in [2.75, 3.05) is 13.2 Å². The highest BCUT2D eigenvalue weighted by molar-refractivity contribution is 5.93. The molecule has 0 bridgehead atoms. The third-order valence-corrected chi connectivity index (χ3v) is 8.99. The van der Waals surface area contributed by atoms with Crippen LogP contribution >= 0.6 is 0 Å². The number of carbonyl (C=O) groups is 2. The molecule has 0 amide bonds. The molecule has 4 fully saturated rings. The Morgan fingerprint density at radius 3 is 2.62 bits per heavy atom. The molecule has 4 saturated carbocycles. The second-order valence-electron chi connectivity index (χ2n) is 10.6. The Kier molecular flexibility index (Phi) is 5.39. The summed E-state index contributed by atoms with van der Waals surface area (Å²) in [7, 11) is 0. The van der Waals surface area contributed by atoms with E-state index in [1.165, 1.54) is 0 Å². The van der Waals surface area contributed by atoms with Crippen molar-refractivity contribution in [2.45, 2.75) is 71.8 Å². The van der Waals surface area contributed by atoms with Crippen molar-refractivity contribution in [3.63, 3.8) is 0 Å². The van der Waals surface area contributed by atoms with Gasteiger partial charge in [0.25, 0.3) is 0 Å². The van der Waals surface area contributed by atoms with E-state index in [0.29, 0.717) is 31.1 Å². The fourth-order valence-corrected chi connectivity index (χ4v) is 7.29. The summed E-state index contributed by atoms with van der Waals surface area (Å²) in [4.78, 5) is 31.7. The number of carbonyl (C=O) groups excluding carboxylic acids is 2. The topological polar surface area (TPSA) is 102 Å². The molecular formula is C23H36N2O4. The number of hydrogen-bond donors (Lipinski definition) is 2. The van der Waals surface area contributed by atoms with Gasteiger partial charge in [0, 0.05) is 29.7 Å². The minimum absolute atomic E-state index is 0.000873. The van der Waals surface area contributed by atoms with Crippen LogP contribution in [0, 0.1) is 40.4 Å². The molecule has 2 unspecified atom stereocenters. The maximum atomic E-state index is 13.6. The molecule has 0 aliphatic heterocycles. The molecule has 8 atom stereocenters. The fourth-order valence-electron chi connectivity index (χ4n) is 7.29. The van der Waals surface area contributed by atoms with E-state index < -0.39 is 0 Å². The molecule has 0 aromatic heterocycles. The van der Waals surface area contributed by atoms with E-state index in [1.807, 2.05) is 6.92 Å². The van der Waals surface area contributed by atoms with Gasteiger partial charge in [0.2, 0.25) is 0 Å². The van der Waals surface area contributed by atoms with E-state index in [9.17, 15) is 14.7 Å². The molecule has 4 aliphatic carbocycles. The van der Waals surface area contributed by atoms with Gasteiger partial charge in [-0.1, -0.05) is 19.0 Å². The van der Waals surface area contributed by atoms with Crippen molar-refractivity contribution in [3.05, 3.63) is 0 Å². The van der Waals surface area contributed by atoms with Gasteiger partial charge in [-0.3, -0.25) is 9.59 Å². The third kappa shape index (κ3) is 3.18. The molecule has 0 aromatic rings. The zero-order valence-corrected chi connectivity index (χ0v) is 18.0. The van der Waals surface area contributed by atoms with Crippen LogP contribution in [-0.2, 0) is 14.4 Å². The van der Waals surface area contributed by atoms with E-state index in [1.54, 1.807) is 0 Å². The van der Waals surface area contributed by atoms with Crippen molar-refractivity contribution in [1.82, 2.24) is 0 Å². The number of nitrogens with two attached hydrogens (primary N) is 1. The highest BCUT2D eigenvalue weighted by Gasteiger charge is 2.64. The quantitative estimate of drug-likeness (QED) is 0.702. The number of aliphatic hydroxyl groups excluding tert-OH is 1. The lowest BCUT2D eigenvalue weighted by Crippen LogP contribution is -2.61. The van der Waals surface area contributed by atoms with Gasteiger partial charge in [0.15, 0.2) is 0 Å². The van der Waals surface area contributed by atoms with Crippen molar-refractivity contribution in [1.29, 1.82) is 0 Å². The first-order valence-corrected chi connectivity index (χ1v) is 11.3. The number of nitrogens with zero attached hydrogens (tertiary/aromatic N) is 1. The molecule has 29 heavy (non-hydrogen) atoms. The minimum Gasteiger partial charge on any atom is -0.396 e. The predicted octanol–water partition coefficient (Wildman–Crippen LogP) is 2.72. The molecular weight excluding hydrogens is 368 g/mol. The first kappa shape index (κ1) is 21.0. The Morgan fingerprint density at radius 2 is 1.93 bits per heavy atom. The number of hydrogen-bond acceptors (Lipinski definition) is 6. The van der Waals surface area contributed by atoms with Gasteiger partial charge in [0.05, 0.1) is 12.3 Å². The van der Waals surface area contributed by atoms with Gasteiger partial charge in [-0.25, -0.2) is 0 Å². The van der Waals surface area contributed by atoms with E-state index in [-0.39, 0.29) is 52.9 Å². The summed E-state index contributed by atoms with van der Waals surface area (Å²) in [5, 5.41) is 14.5. The molecule has 0 aromatic carbocycles. The Labute approximate surface area is 173 Å². The molecule has 0 saturated heterocycles. The number of oxime groups is 1. The van der Waals surface area contributed by atoms with Crippen LogP contribution in [0.25, 0.3) is 0 Å². The second-order valence-corrected chi connectivity index (χ2v) is 10.6. The van der Waals surface area contributed by atoms with Gasteiger partial charge in [-0.05, 0) is 68.6 Å². The van der Waals surface area contributed by atoms with Gasteiger partial charge < -0.3 is 15.7 Å². The van der Waals surface area contributed by atoms with Crippen LogP contribution in [0.3, 0.4) is 0 Å². The largest absolute Gasteiger partial charge is 0.396 e. The lowest BCUT2D eigenvalue weighted by atomic mass is 9.43. The predicted molar refractivity (Wildman–Crippen MR) is 110 cm³/mol. The van der Waals surface area contributed by atoms with Crippen LogP contribution in [0.15, 0.2) is 5.16 Å². The number of rotatable bonds is 4. The zero-order valence-electron chi connectivity index (χ0n) is 18.0. The standard InChI is InChI=1S/C23H36N2O4/c1-13(24)12-29-25-14-6-8-22(2)17-7-9-23(3)16(4-5-19(23)27)20(17)21(28)15(11-26)18(22)10-14/h13,15-18,20,26H,4-12,24H2,1-3H3/t13?,15-,16+,17+,18?,20+,22-,23-/m1/s1. The van der Waals surface area contributed by atoms with Gasteiger partial charge in [-0.2, -0.15) is 0 Å². The van der Waals surface area contributed by atoms with Crippen molar-refractivity contribution in [2.24, 2.45) is 51.3 Å². The average Bonchev–Trinajstić information content (AvgIpc) is 2.98. The Bertz CT molecular complexity index is 720. The van der Waals surface area contributed by atoms with Gasteiger partial charge in [0.1, 0.15) is 18.2 Å². The minimum atomic E-state index is -0.363. The molecule has 162 valence electrons.